The first-order chi connectivity index (χ1) is 13.4. The molecule has 0 bridgehead atoms. The first kappa shape index (κ1) is 26.4. The highest BCUT2D eigenvalue weighted by Gasteiger charge is 2.13. The minimum atomic E-state index is 0.0944. The molecule has 0 saturated carbocycles. The van der Waals surface area contributed by atoms with E-state index in [2.05, 4.69) is 53.7 Å². The Bertz CT molecular complexity index is 432. The highest BCUT2D eigenvalue weighted by molar-refractivity contribution is 5.76. The van der Waals surface area contributed by atoms with Crippen LogP contribution < -0.4 is 10.6 Å². The molecule has 0 saturated heterocycles. The van der Waals surface area contributed by atoms with E-state index in [1.165, 1.54) is 0 Å². The monoisotopic (exact) mass is 393 g/mol. The largest absolute Gasteiger partial charge is 0.352 e. The average molecular weight is 394 g/mol. The molecule has 162 valence electrons. The van der Waals surface area contributed by atoms with Gasteiger partial charge in [0.2, 0.25) is 11.8 Å². The van der Waals surface area contributed by atoms with Crippen LogP contribution in [0.5, 0.6) is 0 Å². The van der Waals surface area contributed by atoms with E-state index in [1.54, 1.807) is 0 Å². The molecule has 0 heterocycles. The molecule has 2 unspecified atom stereocenters. The van der Waals surface area contributed by atoms with Crippen LogP contribution in [0.4, 0.5) is 0 Å². The molecule has 2 N–H and O–H groups in total. The van der Waals surface area contributed by atoms with E-state index in [0.717, 1.165) is 51.6 Å². The van der Waals surface area contributed by atoms with E-state index < -0.39 is 0 Å². The van der Waals surface area contributed by atoms with Crippen LogP contribution in [0.15, 0.2) is 24.3 Å². The number of hydrogen-bond acceptors (Lipinski definition) is 3. The van der Waals surface area contributed by atoms with Crippen molar-refractivity contribution in [3.8, 4) is 0 Å². The Labute approximate surface area is 173 Å². The fraction of sp³-hybridized carbons (Fsp3) is 0.739. The number of hydrogen-bond donors (Lipinski definition) is 2. The number of unbranched alkanes of at least 4 members (excludes halogenated alkanes) is 2. The quantitative estimate of drug-likeness (QED) is 0.305. The lowest BCUT2D eigenvalue weighted by Gasteiger charge is -2.25. The van der Waals surface area contributed by atoms with Gasteiger partial charge in [0.05, 0.1) is 0 Å². The molecule has 2 atom stereocenters. The molecular formula is C23H43N3O2. The van der Waals surface area contributed by atoms with Gasteiger partial charge in [0, 0.05) is 38.0 Å². The number of nitrogens with zero attached hydrogens (tertiary/aromatic N) is 1. The van der Waals surface area contributed by atoms with Crippen molar-refractivity contribution in [3.63, 3.8) is 0 Å². The van der Waals surface area contributed by atoms with Gasteiger partial charge in [-0.2, -0.15) is 0 Å². The Kier molecular flexibility index (Phi) is 16.5. The van der Waals surface area contributed by atoms with Crippen molar-refractivity contribution in [2.75, 3.05) is 20.1 Å². The number of likely N-dealkylation sites (N-methyl/N-ethyl adjacent to an activating group) is 1. The van der Waals surface area contributed by atoms with Crippen molar-refractivity contribution in [2.45, 2.75) is 91.1 Å². The number of nitrogens with one attached hydrogen (secondary N) is 2. The molecule has 0 aromatic heterocycles. The Morgan fingerprint density at radius 1 is 0.786 bits per heavy atom. The summed E-state index contributed by atoms with van der Waals surface area (Å²) >= 11 is 0. The summed E-state index contributed by atoms with van der Waals surface area (Å²) in [5, 5.41) is 6.12. The third-order valence-electron chi connectivity index (χ3n) is 4.34. The van der Waals surface area contributed by atoms with Crippen LogP contribution in [0.3, 0.4) is 0 Å². The number of amides is 2. The Hall–Kier alpha value is -1.62. The van der Waals surface area contributed by atoms with Gasteiger partial charge < -0.3 is 15.5 Å². The number of allylic oxidation sites excluding steroid dienone is 4. The number of carbonyl (C=O) groups excluding carboxylic acids is 2. The molecule has 0 rings (SSSR count). The molecule has 0 aliphatic rings. The van der Waals surface area contributed by atoms with Gasteiger partial charge in [-0.1, -0.05) is 38.2 Å². The van der Waals surface area contributed by atoms with Crippen LogP contribution >= 0.6 is 0 Å². The van der Waals surface area contributed by atoms with Crippen molar-refractivity contribution >= 4 is 11.8 Å². The first-order valence-corrected chi connectivity index (χ1v) is 11.0. The SMILES string of the molecule is CC/C=C/CCCC(=O)NC(C)CN(C)CC(C)NC(=O)CCC/C=C/CC. The van der Waals surface area contributed by atoms with Crippen molar-refractivity contribution in [1.82, 2.24) is 15.5 Å². The summed E-state index contributed by atoms with van der Waals surface area (Å²) in [5.41, 5.74) is 0. The van der Waals surface area contributed by atoms with E-state index in [0.29, 0.717) is 12.8 Å². The van der Waals surface area contributed by atoms with E-state index in [4.69, 9.17) is 0 Å². The first-order valence-electron chi connectivity index (χ1n) is 11.0. The third-order valence-corrected chi connectivity index (χ3v) is 4.34. The molecule has 28 heavy (non-hydrogen) atoms. The van der Waals surface area contributed by atoms with Crippen LogP contribution in [0.25, 0.3) is 0 Å². The fourth-order valence-corrected chi connectivity index (χ4v) is 3.12. The molecule has 0 aliphatic carbocycles. The smallest absolute Gasteiger partial charge is 0.220 e. The van der Waals surface area contributed by atoms with Crippen LogP contribution in [-0.4, -0.2) is 48.9 Å². The molecule has 5 heteroatoms. The van der Waals surface area contributed by atoms with Crippen molar-refractivity contribution in [3.05, 3.63) is 24.3 Å². The minimum Gasteiger partial charge on any atom is -0.352 e. The normalized spacial score (nSPS) is 13.9. The Balaban J connectivity index is 3.93. The molecule has 5 nitrogen and oxygen atoms in total. The van der Waals surface area contributed by atoms with Crippen LogP contribution in [0.1, 0.15) is 79.1 Å². The summed E-state index contributed by atoms with van der Waals surface area (Å²) in [5.74, 6) is 0.230. The van der Waals surface area contributed by atoms with Gasteiger partial charge >= 0.3 is 0 Å². The second-order valence-corrected chi connectivity index (χ2v) is 7.70. The third kappa shape index (κ3) is 16.5. The molecule has 0 aromatic rings. The summed E-state index contributed by atoms with van der Waals surface area (Å²) in [4.78, 5) is 26.1. The van der Waals surface area contributed by atoms with Crippen molar-refractivity contribution < 1.29 is 9.59 Å². The van der Waals surface area contributed by atoms with E-state index in [-0.39, 0.29) is 23.9 Å². The zero-order valence-corrected chi connectivity index (χ0v) is 18.8. The van der Waals surface area contributed by atoms with Crippen molar-refractivity contribution in [1.29, 1.82) is 0 Å². The van der Waals surface area contributed by atoms with E-state index in [1.807, 2.05) is 20.9 Å². The van der Waals surface area contributed by atoms with E-state index in [9.17, 15) is 9.59 Å². The van der Waals surface area contributed by atoms with Gasteiger partial charge in [-0.05, 0) is 59.4 Å². The Morgan fingerprint density at radius 2 is 1.18 bits per heavy atom. The Morgan fingerprint density at radius 3 is 1.54 bits per heavy atom. The van der Waals surface area contributed by atoms with Crippen molar-refractivity contribution in [2.24, 2.45) is 0 Å². The van der Waals surface area contributed by atoms with E-state index >= 15 is 0 Å². The summed E-state index contributed by atoms with van der Waals surface area (Å²) in [6, 6.07) is 0.189. The maximum Gasteiger partial charge on any atom is 0.220 e. The maximum atomic E-state index is 12.0. The predicted molar refractivity (Wildman–Crippen MR) is 119 cm³/mol. The lowest BCUT2D eigenvalue weighted by atomic mass is 10.2. The minimum absolute atomic E-state index is 0.0944. The van der Waals surface area contributed by atoms with Crippen LogP contribution in [-0.2, 0) is 9.59 Å². The topological polar surface area (TPSA) is 61.4 Å². The second-order valence-electron chi connectivity index (χ2n) is 7.70. The van der Waals surface area contributed by atoms with Gasteiger partial charge in [0.25, 0.3) is 0 Å². The lowest BCUT2D eigenvalue weighted by molar-refractivity contribution is -0.122. The predicted octanol–water partition coefficient (Wildman–Crippen LogP) is 4.20. The molecule has 0 spiro atoms. The van der Waals surface area contributed by atoms with Gasteiger partial charge in [-0.15, -0.1) is 0 Å². The van der Waals surface area contributed by atoms with Gasteiger partial charge in [-0.25, -0.2) is 0 Å². The zero-order chi connectivity index (χ0) is 21.2. The molecule has 0 radical (unpaired) electrons. The zero-order valence-electron chi connectivity index (χ0n) is 18.8. The summed E-state index contributed by atoms with van der Waals surface area (Å²) in [7, 11) is 2.02. The molecule has 0 fully saturated rings. The number of carbonyl (C=O) groups is 2. The molecule has 0 aromatic carbocycles. The second kappa shape index (κ2) is 17.5. The highest BCUT2D eigenvalue weighted by Crippen LogP contribution is 2.01. The summed E-state index contributed by atoms with van der Waals surface area (Å²) in [6.07, 6.45) is 15.5. The van der Waals surface area contributed by atoms with Gasteiger partial charge in [-0.3, -0.25) is 9.59 Å². The van der Waals surface area contributed by atoms with Crippen LogP contribution in [0, 0.1) is 0 Å². The van der Waals surface area contributed by atoms with Gasteiger partial charge in [0.1, 0.15) is 0 Å². The maximum absolute atomic E-state index is 12.0. The lowest BCUT2D eigenvalue weighted by Crippen LogP contribution is -2.45. The molecule has 0 aliphatic heterocycles. The highest BCUT2D eigenvalue weighted by atomic mass is 16.2. The van der Waals surface area contributed by atoms with Crippen LogP contribution in [0.2, 0.25) is 0 Å². The summed E-state index contributed by atoms with van der Waals surface area (Å²) < 4.78 is 0. The van der Waals surface area contributed by atoms with Gasteiger partial charge in [0.15, 0.2) is 0 Å². The molecular weight excluding hydrogens is 350 g/mol. The number of rotatable bonds is 16. The summed E-state index contributed by atoms with van der Waals surface area (Å²) in [6.45, 7) is 9.81. The fourth-order valence-electron chi connectivity index (χ4n) is 3.12. The standard InChI is InChI=1S/C23H43N3O2/c1-6-8-10-12-14-16-22(27)24-20(3)18-26(5)19-21(4)25-23(28)17-15-13-11-9-7-2/h8-11,20-21H,6-7,12-19H2,1-5H3,(H,24,27)(H,25,28)/b10-8+,11-9+. The molecule has 2 amide bonds. The average Bonchev–Trinajstić information content (AvgIpc) is 2.60.